The summed E-state index contributed by atoms with van der Waals surface area (Å²) in [7, 11) is 7.77. The molecule has 3 aromatic carbocycles. The lowest BCUT2D eigenvalue weighted by molar-refractivity contribution is -0.131. The topological polar surface area (TPSA) is 122 Å². The summed E-state index contributed by atoms with van der Waals surface area (Å²) in [5.41, 5.74) is 6.63. The van der Waals surface area contributed by atoms with Gasteiger partial charge in [-0.3, -0.25) is 9.59 Å². The Hall–Kier alpha value is -4.44. The highest BCUT2D eigenvalue weighted by Gasteiger charge is 2.64. The molecule has 0 bridgehead atoms. The molecule has 0 spiro atoms. The van der Waals surface area contributed by atoms with Crippen LogP contribution < -0.4 is 34.7 Å². The molecule has 2 aliphatic rings. The van der Waals surface area contributed by atoms with Crippen molar-refractivity contribution in [2.24, 2.45) is 11.7 Å². The van der Waals surface area contributed by atoms with Crippen molar-refractivity contribution in [2.45, 2.75) is 43.1 Å². The zero-order chi connectivity index (χ0) is 33.1. The lowest BCUT2D eigenvalue weighted by Crippen LogP contribution is -2.70. The van der Waals surface area contributed by atoms with Gasteiger partial charge in [0.1, 0.15) is 0 Å². The third kappa shape index (κ3) is 5.18. The predicted molar refractivity (Wildman–Crippen MR) is 175 cm³/mol. The Labute approximate surface area is 271 Å². The average molecular weight is 632 g/mol. The van der Waals surface area contributed by atoms with Gasteiger partial charge in [0.25, 0.3) is 5.91 Å². The maximum atomic E-state index is 15.0. The van der Waals surface area contributed by atoms with Crippen molar-refractivity contribution in [3.8, 4) is 28.7 Å². The minimum atomic E-state index is -1.13. The van der Waals surface area contributed by atoms with Gasteiger partial charge in [-0.2, -0.15) is 0 Å². The minimum Gasteiger partial charge on any atom is -0.493 e. The summed E-state index contributed by atoms with van der Waals surface area (Å²) in [5.74, 6) is 1.14. The van der Waals surface area contributed by atoms with E-state index in [2.05, 4.69) is 12.2 Å². The van der Waals surface area contributed by atoms with Crippen LogP contribution in [-0.2, 0) is 10.2 Å². The van der Waals surface area contributed by atoms with Crippen molar-refractivity contribution in [3.05, 3.63) is 77.4 Å². The average Bonchev–Trinajstić information content (AvgIpc) is 3.65. The number of nitrogens with two attached hydrogens (primary N) is 1. The third-order valence-electron chi connectivity index (χ3n) is 10.2. The molecule has 3 aromatic rings. The van der Waals surface area contributed by atoms with Gasteiger partial charge >= 0.3 is 0 Å². The van der Waals surface area contributed by atoms with Crippen molar-refractivity contribution >= 4 is 11.8 Å². The van der Waals surface area contributed by atoms with Crippen molar-refractivity contribution in [1.82, 2.24) is 10.2 Å². The minimum absolute atomic E-state index is 0.00400. The second-order valence-corrected chi connectivity index (χ2v) is 11.9. The molecule has 2 heterocycles. The van der Waals surface area contributed by atoms with Crippen LogP contribution in [0.2, 0.25) is 0 Å². The smallest absolute Gasteiger partial charge is 0.254 e. The molecule has 2 saturated heterocycles. The van der Waals surface area contributed by atoms with E-state index in [1.54, 1.807) is 26.4 Å². The fourth-order valence-corrected chi connectivity index (χ4v) is 8.16. The van der Waals surface area contributed by atoms with E-state index in [1.807, 2.05) is 53.4 Å². The zero-order valence-electron chi connectivity index (χ0n) is 27.6. The molecular formula is C36H45N3O7. The summed E-state index contributed by atoms with van der Waals surface area (Å²) in [6.45, 7) is 3.89. The van der Waals surface area contributed by atoms with Crippen LogP contribution in [0, 0.1) is 5.92 Å². The number of hydrogen-bond acceptors (Lipinski definition) is 8. The number of benzene rings is 3. The van der Waals surface area contributed by atoms with Gasteiger partial charge in [0.05, 0.1) is 46.5 Å². The molecule has 2 aliphatic heterocycles. The summed E-state index contributed by atoms with van der Waals surface area (Å²) >= 11 is 0. The summed E-state index contributed by atoms with van der Waals surface area (Å²) in [6, 6.07) is 18.9. The quantitative estimate of drug-likeness (QED) is 0.317. The van der Waals surface area contributed by atoms with Crippen LogP contribution >= 0.6 is 0 Å². The van der Waals surface area contributed by atoms with Crippen molar-refractivity contribution < 1.29 is 33.3 Å². The number of carbonyl (C=O) groups excluding carboxylic acids is 2. The van der Waals surface area contributed by atoms with Crippen molar-refractivity contribution in [2.75, 3.05) is 55.2 Å². The Morgan fingerprint density at radius 2 is 1.52 bits per heavy atom. The Kier molecular flexibility index (Phi) is 9.67. The molecule has 10 heteroatoms. The van der Waals surface area contributed by atoms with Crippen LogP contribution in [0.5, 0.6) is 28.7 Å². The van der Waals surface area contributed by atoms with Crippen molar-refractivity contribution in [3.63, 3.8) is 0 Å². The van der Waals surface area contributed by atoms with E-state index in [1.165, 1.54) is 21.3 Å². The first kappa shape index (κ1) is 32.9. The first-order chi connectivity index (χ1) is 22.3. The second kappa shape index (κ2) is 13.5. The van der Waals surface area contributed by atoms with E-state index in [-0.39, 0.29) is 11.8 Å². The maximum absolute atomic E-state index is 15.0. The van der Waals surface area contributed by atoms with Gasteiger partial charge in [0, 0.05) is 24.6 Å². The molecule has 0 saturated carbocycles. The first-order valence-corrected chi connectivity index (χ1v) is 15.7. The molecule has 2 amide bonds. The van der Waals surface area contributed by atoms with E-state index in [4.69, 9.17) is 29.4 Å². The number of primary amides is 1. The number of ether oxygens (including phenoxy) is 5. The Balaban J connectivity index is 1.82. The lowest BCUT2D eigenvalue weighted by Gasteiger charge is -2.61. The monoisotopic (exact) mass is 631 g/mol. The number of rotatable bonds is 11. The zero-order valence-corrected chi connectivity index (χ0v) is 27.6. The number of piperidine rings is 1. The molecule has 3 N–H and O–H groups in total. The van der Waals surface area contributed by atoms with Crippen LogP contribution in [0.15, 0.2) is 60.7 Å². The van der Waals surface area contributed by atoms with E-state index in [0.717, 1.165) is 24.1 Å². The van der Waals surface area contributed by atoms with Gasteiger partial charge in [-0.1, -0.05) is 43.3 Å². The Morgan fingerprint density at radius 1 is 0.870 bits per heavy atom. The van der Waals surface area contributed by atoms with Crippen LogP contribution in [0.3, 0.4) is 0 Å². The van der Waals surface area contributed by atoms with Gasteiger partial charge < -0.3 is 39.6 Å². The van der Waals surface area contributed by atoms with Crippen molar-refractivity contribution in [1.29, 1.82) is 0 Å². The molecule has 0 aliphatic carbocycles. The van der Waals surface area contributed by atoms with E-state index in [9.17, 15) is 9.59 Å². The van der Waals surface area contributed by atoms with Crippen LogP contribution in [0.4, 0.5) is 0 Å². The lowest BCUT2D eigenvalue weighted by atomic mass is 9.51. The molecule has 10 nitrogen and oxygen atoms in total. The number of methoxy groups -OCH3 is 5. The number of amides is 2. The molecular weight excluding hydrogens is 586 g/mol. The molecule has 0 aromatic heterocycles. The third-order valence-corrected chi connectivity index (χ3v) is 10.2. The molecule has 4 atom stereocenters. The fraction of sp³-hybridized carbons (Fsp3) is 0.444. The van der Waals surface area contributed by atoms with Gasteiger partial charge in [0.15, 0.2) is 23.0 Å². The maximum Gasteiger partial charge on any atom is 0.254 e. The van der Waals surface area contributed by atoms with E-state index in [0.29, 0.717) is 60.2 Å². The first-order valence-electron chi connectivity index (χ1n) is 15.7. The number of likely N-dealkylation sites (tertiary alicyclic amines) is 1. The predicted octanol–water partition coefficient (Wildman–Crippen LogP) is 4.54. The molecule has 0 radical (unpaired) electrons. The van der Waals surface area contributed by atoms with Gasteiger partial charge in [0.2, 0.25) is 11.7 Å². The highest BCUT2D eigenvalue weighted by atomic mass is 16.5. The van der Waals surface area contributed by atoms with E-state index >= 15 is 0 Å². The Morgan fingerprint density at radius 3 is 2.04 bits per heavy atom. The molecule has 46 heavy (non-hydrogen) atoms. The normalized spacial score (nSPS) is 24.3. The van der Waals surface area contributed by atoms with Crippen LogP contribution in [0.25, 0.3) is 0 Å². The SMILES string of the molecule is CCC1(C2CCNC2)C(c2ccc(OC)c(OC)c2)C(C(N)=O)(c2ccccc2)CCN1C(=O)c1cc(OC)c(OC)c(OC)c1. The van der Waals surface area contributed by atoms with Crippen LogP contribution in [0.1, 0.15) is 53.6 Å². The number of hydrogen-bond donors (Lipinski definition) is 2. The molecule has 5 rings (SSSR count). The van der Waals surface area contributed by atoms with Gasteiger partial charge in [-0.15, -0.1) is 0 Å². The molecule has 246 valence electrons. The second-order valence-electron chi connectivity index (χ2n) is 11.9. The number of nitrogens with zero attached hydrogens (tertiary/aromatic N) is 1. The molecule has 2 fully saturated rings. The number of nitrogens with one attached hydrogen (secondary N) is 1. The highest BCUT2D eigenvalue weighted by Crippen LogP contribution is 2.59. The van der Waals surface area contributed by atoms with E-state index < -0.39 is 22.8 Å². The summed E-state index contributed by atoms with van der Waals surface area (Å²) in [4.78, 5) is 31.1. The summed E-state index contributed by atoms with van der Waals surface area (Å²) < 4.78 is 28.2. The Bertz CT molecular complexity index is 1530. The largest absolute Gasteiger partial charge is 0.493 e. The highest BCUT2D eigenvalue weighted by molar-refractivity contribution is 5.97. The molecule has 4 unspecified atom stereocenters. The number of carbonyl (C=O) groups is 2. The summed E-state index contributed by atoms with van der Waals surface area (Å²) in [6.07, 6.45) is 1.71. The standard InChI is InChI=1S/C36H45N3O7/c1-7-36(26-15-17-38-22-26)32(23-13-14-27(42-2)28(19-23)43-3)35(34(37)41,25-11-9-8-10-12-25)16-18-39(36)33(40)24-20-29(44-4)31(46-6)30(21-24)45-5/h8-14,19-21,26,32,38H,7,15-18,22H2,1-6H3,(H2,37,41). The van der Waals surface area contributed by atoms with Crippen LogP contribution in [-0.4, -0.2) is 77.4 Å². The fourth-order valence-electron chi connectivity index (χ4n) is 8.16. The van der Waals surface area contributed by atoms with Gasteiger partial charge in [-0.25, -0.2) is 0 Å². The van der Waals surface area contributed by atoms with Gasteiger partial charge in [-0.05, 0) is 67.1 Å². The summed E-state index contributed by atoms with van der Waals surface area (Å²) in [5, 5.41) is 3.53.